The Hall–Kier alpha value is -2.45. The highest BCUT2D eigenvalue weighted by molar-refractivity contribution is 7.89. The number of anilines is 1. The van der Waals surface area contributed by atoms with Gasteiger partial charge < -0.3 is 5.21 Å². The lowest BCUT2D eigenvalue weighted by Crippen LogP contribution is -2.11. The van der Waals surface area contributed by atoms with Gasteiger partial charge in [-0.1, -0.05) is 18.2 Å². The zero-order chi connectivity index (χ0) is 14.6. The molecule has 20 heavy (non-hydrogen) atoms. The van der Waals surface area contributed by atoms with E-state index in [1.807, 2.05) is 0 Å². The zero-order valence-corrected chi connectivity index (χ0v) is 11.1. The van der Waals surface area contributed by atoms with E-state index < -0.39 is 10.0 Å². The van der Waals surface area contributed by atoms with Crippen molar-refractivity contribution in [3.63, 3.8) is 0 Å². The molecule has 2 rings (SSSR count). The lowest BCUT2D eigenvalue weighted by atomic mass is 10.3. The first-order valence-corrected chi connectivity index (χ1v) is 7.13. The van der Waals surface area contributed by atoms with Gasteiger partial charge in [0.05, 0.1) is 10.1 Å². The van der Waals surface area contributed by atoms with Crippen molar-refractivity contribution in [2.24, 2.45) is 10.4 Å². The Bertz CT molecular complexity index is 712. The van der Waals surface area contributed by atoms with Gasteiger partial charge in [-0.15, -0.1) is 10.3 Å². The molecule has 0 aliphatic carbocycles. The third-order valence-corrected chi connectivity index (χ3v) is 3.36. The molecule has 0 spiro atoms. The summed E-state index contributed by atoms with van der Waals surface area (Å²) in [7, 11) is -3.72. The molecule has 0 aliphatic rings. The van der Waals surface area contributed by atoms with E-state index in [-0.39, 0.29) is 4.90 Å². The number of para-hydroxylation sites is 1. The van der Waals surface area contributed by atoms with Crippen LogP contribution in [0.2, 0.25) is 0 Å². The molecule has 0 unspecified atom stereocenters. The fraction of sp³-hybridized carbons (Fsp3) is 0. The van der Waals surface area contributed by atoms with Crippen LogP contribution >= 0.6 is 0 Å². The van der Waals surface area contributed by atoms with E-state index in [2.05, 4.69) is 10.6 Å². The highest BCUT2D eigenvalue weighted by Gasteiger charge is 2.07. The van der Waals surface area contributed by atoms with Crippen LogP contribution in [-0.2, 0) is 10.0 Å². The maximum Gasteiger partial charge on any atom is 0.238 e. The van der Waals surface area contributed by atoms with Crippen LogP contribution in [0.5, 0.6) is 0 Å². The second kappa shape index (κ2) is 5.68. The largest absolute Gasteiger partial charge is 0.691 e. The maximum absolute atomic E-state index is 11.6. The number of sulfonamides is 1. The molecule has 7 nitrogen and oxygen atoms in total. The first-order chi connectivity index (χ1) is 9.47. The van der Waals surface area contributed by atoms with Crippen molar-refractivity contribution in [2.45, 2.75) is 4.90 Å². The summed E-state index contributed by atoms with van der Waals surface area (Å²) < 4.78 is 22.1. The Labute approximate surface area is 116 Å². The van der Waals surface area contributed by atoms with E-state index in [1.54, 1.807) is 30.3 Å². The van der Waals surface area contributed by atoms with Gasteiger partial charge in [0.1, 0.15) is 5.69 Å². The molecule has 0 aliphatic heterocycles. The summed E-state index contributed by atoms with van der Waals surface area (Å²) in [6.45, 7) is 0. The Morgan fingerprint density at radius 2 is 1.65 bits per heavy atom. The highest BCUT2D eigenvalue weighted by atomic mass is 32.2. The molecule has 0 bridgehead atoms. The summed E-state index contributed by atoms with van der Waals surface area (Å²) in [6.07, 6.45) is 0. The van der Waals surface area contributed by atoms with E-state index in [0.717, 1.165) is 0 Å². The predicted octanol–water partition coefficient (Wildman–Crippen LogP) is 1.96. The number of hydrogen-bond donors (Lipinski definition) is 2. The minimum absolute atomic E-state index is 0.00918. The Morgan fingerprint density at radius 3 is 2.20 bits per heavy atom. The molecule has 2 aromatic rings. The second-order valence-corrected chi connectivity index (χ2v) is 5.45. The molecule has 0 saturated carbocycles. The minimum atomic E-state index is -3.72. The van der Waals surface area contributed by atoms with Crippen molar-refractivity contribution < 1.29 is 13.3 Å². The summed E-state index contributed by atoms with van der Waals surface area (Å²) in [5, 5.41) is 20.2. The van der Waals surface area contributed by atoms with E-state index in [9.17, 15) is 13.6 Å². The van der Waals surface area contributed by atoms with Crippen LogP contribution in [-0.4, -0.2) is 13.3 Å². The summed E-state index contributed by atoms with van der Waals surface area (Å²) in [5.41, 5.74) is 3.37. The van der Waals surface area contributed by atoms with Crippen molar-refractivity contribution in [1.82, 2.24) is 0 Å². The number of hydrogen-bond acceptors (Lipinski definition) is 4. The third kappa shape index (κ3) is 3.53. The molecule has 104 valence electrons. The molecular formula is C12H12N4O3S. The molecule has 0 heterocycles. The molecule has 0 aromatic heterocycles. The first kappa shape index (κ1) is 14.0. The molecule has 0 amide bonds. The van der Waals surface area contributed by atoms with Crippen molar-refractivity contribution in [3.8, 4) is 0 Å². The average Bonchev–Trinajstić information content (AvgIpc) is 2.45. The molecule has 0 atom stereocenters. The van der Waals surface area contributed by atoms with E-state index >= 15 is 0 Å². The normalized spacial score (nSPS) is 12.2. The molecule has 2 aromatic carbocycles. The predicted molar refractivity (Wildman–Crippen MR) is 73.6 cm³/mol. The molecule has 0 radical (unpaired) electrons. The van der Waals surface area contributed by atoms with Crippen LogP contribution in [0.25, 0.3) is 0 Å². The van der Waals surface area contributed by atoms with E-state index in [0.29, 0.717) is 16.2 Å². The number of primary sulfonamides is 1. The molecule has 0 fully saturated rings. The minimum Gasteiger partial charge on any atom is -0.691 e. The summed E-state index contributed by atoms with van der Waals surface area (Å²) >= 11 is 0. The first-order valence-electron chi connectivity index (χ1n) is 5.58. The van der Waals surface area contributed by atoms with Gasteiger partial charge in [-0.05, 0) is 36.4 Å². The van der Waals surface area contributed by atoms with Crippen LogP contribution in [0, 0.1) is 5.21 Å². The van der Waals surface area contributed by atoms with Gasteiger partial charge in [-0.25, -0.2) is 13.6 Å². The number of nitrogens with one attached hydrogen (secondary N) is 1. The monoisotopic (exact) mass is 292 g/mol. The van der Waals surface area contributed by atoms with Crippen LogP contribution in [0.1, 0.15) is 0 Å². The molecule has 0 saturated heterocycles. The van der Waals surface area contributed by atoms with Gasteiger partial charge in [-0.2, -0.15) is 0 Å². The van der Waals surface area contributed by atoms with E-state index in [4.69, 9.17) is 5.14 Å². The summed E-state index contributed by atoms with van der Waals surface area (Å²) in [6, 6.07) is 14.0. The van der Waals surface area contributed by atoms with Crippen LogP contribution < -0.4 is 10.6 Å². The SMILES string of the molecule is NS(=O)(=O)c1ccc(N/N=[N+](\[O-])c2ccccc2)cc1. The van der Waals surface area contributed by atoms with Crippen molar-refractivity contribution in [3.05, 3.63) is 59.8 Å². The Kier molecular flexibility index (Phi) is 3.97. The third-order valence-electron chi connectivity index (χ3n) is 2.43. The summed E-state index contributed by atoms with van der Waals surface area (Å²) in [5.74, 6) is 0. The van der Waals surface area contributed by atoms with Gasteiger partial charge >= 0.3 is 0 Å². The number of rotatable bonds is 4. The Morgan fingerprint density at radius 1 is 1.05 bits per heavy atom. The van der Waals surface area contributed by atoms with Crippen molar-refractivity contribution in [2.75, 3.05) is 5.43 Å². The van der Waals surface area contributed by atoms with Crippen molar-refractivity contribution in [1.29, 1.82) is 0 Å². The van der Waals surface area contributed by atoms with Gasteiger partial charge in [0, 0.05) is 0 Å². The lowest BCUT2D eigenvalue weighted by molar-refractivity contribution is -0.439. The van der Waals surface area contributed by atoms with E-state index in [1.165, 1.54) is 24.3 Å². The summed E-state index contributed by atoms with van der Waals surface area (Å²) in [4.78, 5) is 0.415. The van der Waals surface area contributed by atoms with Gasteiger partial charge in [0.15, 0.2) is 5.69 Å². The lowest BCUT2D eigenvalue weighted by Gasteiger charge is -2.04. The fourth-order valence-corrected chi connectivity index (χ4v) is 1.95. The van der Waals surface area contributed by atoms with Gasteiger partial charge in [0.25, 0.3) is 0 Å². The average molecular weight is 292 g/mol. The number of nitrogens with two attached hydrogens (primary N) is 1. The number of nitrogens with zero attached hydrogens (tertiary/aromatic N) is 2. The number of benzene rings is 2. The second-order valence-electron chi connectivity index (χ2n) is 3.89. The van der Waals surface area contributed by atoms with Crippen LogP contribution in [0.3, 0.4) is 0 Å². The fourth-order valence-electron chi connectivity index (χ4n) is 1.44. The topological polar surface area (TPSA) is 111 Å². The van der Waals surface area contributed by atoms with Gasteiger partial charge in [-0.3, -0.25) is 0 Å². The smallest absolute Gasteiger partial charge is 0.238 e. The quantitative estimate of drug-likeness (QED) is 0.509. The Balaban J connectivity index is 2.12. The zero-order valence-electron chi connectivity index (χ0n) is 10.3. The van der Waals surface area contributed by atoms with Crippen LogP contribution in [0.4, 0.5) is 11.4 Å². The molecule has 3 N–H and O–H groups in total. The molecular weight excluding hydrogens is 280 g/mol. The molecule has 8 heteroatoms. The maximum atomic E-state index is 11.6. The van der Waals surface area contributed by atoms with Crippen molar-refractivity contribution >= 4 is 21.4 Å². The highest BCUT2D eigenvalue weighted by Crippen LogP contribution is 2.14. The standard InChI is InChI=1S/C12H12N4O3S/c13-20(18,19)12-8-6-10(7-9-12)14-15-16(17)11-4-2-1-3-5-11/h1-9,14H,(H2,13,18,19)/b16-15-. The van der Waals surface area contributed by atoms with Gasteiger partial charge in [0.2, 0.25) is 10.0 Å². The van der Waals surface area contributed by atoms with Crippen LogP contribution in [0.15, 0.2) is 64.7 Å².